The van der Waals surface area contributed by atoms with Crippen LogP contribution in [0.25, 0.3) is 21.8 Å². The van der Waals surface area contributed by atoms with Gasteiger partial charge in [0, 0.05) is 47.0 Å². The molecule has 11 N–H and O–H groups in total. The highest BCUT2D eigenvalue weighted by Gasteiger charge is 2.35. The van der Waals surface area contributed by atoms with Gasteiger partial charge in [-0.15, -0.1) is 0 Å². The molecule has 0 unspecified atom stereocenters. The third kappa shape index (κ3) is 13.0. The summed E-state index contributed by atoms with van der Waals surface area (Å²) in [4.78, 5) is 130. The van der Waals surface area contributed by atoms with Gasteiger partial charge in [-0.2, -0.15) is 0 Å². The molecule has 1 aliphatic rings. The molecular weight excluding hydrogens is 863 g/mol. The Bertz CT molecular complexity index is 2500. The van der Waals surface area contributed by atoms with Crippen molar-refractivity contribution in [1.29, 1.82) is 0 Å². The Kier molecular flexibility index (Phi) is 16.9. The second-order valence-corrected chi connectivity index (χ2v) is 17.9. The van der Waals surface area contributed by atoms with Gasteiger partial charge in [0.2, 0.25) is 53.2 Å². The van der Waals surface area contributed by atoms with Gasteiger partial charge in [0.05, 0.1) is 0 Å². The molecule has 0 radical (unpaired) electrons. The average molecular weight is 926 g/mol. The van der Waals surface area contributed by atoms with Crippen molar-refractivity contribution in [1.82, 2.24) is 57.8 Å². The molecule has 67 heavy (non-hydrogen) atoms. The van der Waals surface area contributed by atoms with Gasteiger partial charge in [-0.1, -0.05) is 64.1 Å². The summed E-state index contributed by atoms with van der Waals surface area (Å²) in [7, 11) is 0. The highest BCUT2D eigenvalue weighted by Crippen LogP contribution is 2.21. The van der Waals surface area contributed by atoms with Gasteiger partial charge in [-0.05, 0) is 69.7 Å². The van der Waals surface area contributed by atoms with Crippen LogP contribution < -0.4 is 47.9 Å². The van der Waals surface area contributed by atoms with Crippen LogP contribution in [0.15, 0.2) is 60.9 Å². The summed E-state index contributed by atoms with van der Waals surface area (Å²) < 4.78 is 0. The van der Waals surface area contributed by atoms with Gasteiger partial charge < -0.3 is 57.8 Å². The molecule has 0 bridgehead atoms. The van der Waals surface area contributed by atoms with Crippen LogP contribution in [0.5, 0.6) is 0 Å². The van der Waals surface area contributed by atoms with E-state index in [1.807, 2.05) is 48.5 Å². The standard InChI is InChI=1S/C47H63N11O9/c1-22(2)37-46(66)54-26(7)41(61)51-27(8)42(62)55-36(19-30-21-49-34-17-13-11-15-32(30)34)45(65)56-35(18-29-20-48-33-16-12-10-14-31(29)33)44(64)53-25(6)40(60)50-24(5)39(59)52-28(9)43(63)57-38(23(3)4)47(67)58-37/h10-17,20-28,35-38,48-49H,18-19H2,1-9H3,(H,50,60)(H,51,61)(H,52,59)(H,53,64)(H,54,66)(H,55,62)(H,56,65)(H,57,63)(H,58,67)/t24-,25+,26-,27+,28+,35-,36-,37+,38-/m0/s1. The molecule has 0 saturated carbocycles. The number of fused-ring (bicyclic) bond motifs is 2. The van der Waals surface area contributed by atoms with Gasteiger partial charge in [-0.25, -0.2) is 0 Å². The Morgan fingerprint density at radius 3 is 1.06 bits per heavy atom. The number of aromatic amines is 2. The van der Waals surface area contributed by atoms with Crippen LogP contribution in [0.1, 0.15) is 73.4 Å². The summed E-state index contributed by atoms with van der Waals surface area (Å²) in [6.07, 6.45) is 3.32. The van der Waals surface area contributed by atoms with Gasteiger partial charge in [-0.3, -0.25) is 43.2 Å². The third-order valence-corrected chi connectivity index (χ3v) is 11.7. The fourth-order valence-electron chi connectivity index (χ4n) is 7.58. The third-order valence-electron chi connectivity index (χ3n) is 11.7. The van der Waals surface area contributed by atoms with Gasteiger partial charge >= 0.3 is 0 Å². The lowest BCUT2D eigenvalue weighted by Gasteiger charge is -2.29. The van der Waals surface area contributed by atoms with Crippen LogP contribution in [0.3, 0.4) is 0 Å². The van der Waals surface area contributed by atoms with Crippen LogP contribution in [0.4, 0.5) is 0 Å². The predicted molar refractivity (Wildman–Crippen MR) is 249 cm³/mol. The molecule has 20 heteroatoms. The number of para-hydroxylation sites is 2. The van der Waals surface area contributed by atoms with E-state index in [0.717, 1.165) is 21.8 Å². The second kappa shape index (κ2) is 22.3. The molecule has 4 aromatic rings. The van der Waals surface area contributed by atoms with Crippen molar-refractivity contribution in [3.8, 4) is 0 Å². The summed E-state index contributed by atoms with van der Waals surface area (Å²) in [6.45, 7) is 13.7. The lowest BCUT2D eigenvalue weighted by molar-refractivity contribution is -0.136. The quantitative estimate of drug-likeness (QED) is 0.126. The maximum absolute atomic E-state index is 14.5. The largest absolute Gasteiger partial charge is 0.361 e. The van der Waals surface area contributed by atoms with Crippen LogP contribution >= 0.6 is 0 Å². The van der Waals surface area contributed by atoms with Crippen molar-refractivity contribution < 1.29 is 43.2 Å². The van der Waals surface area contributed by atoms with Gasteiger partial charge in [0.1, 0.15) is 54.4 Å². The summed E-state index contributed by atoms with van der Waals surface area (Å²) in [5, 5.41) is 25.3. The topological polar surface area (TPSA) is 293 Å². The molecule has 5 rings (SSSR count). The Labute approximate surface area is 388 Å². The number of rotatable bonds is 6. The molecule has 9 atom stereocenters. The van der Waals surface area contributed by atoms with Crippen LogP contribution in [-0.2, 0) is 56.0 Å². The van der Waals surface area contributed by atoms with Crippen LogP contribution in [-0.4, -0.2) is 118 Å². The van der Waals surface area contributed by atoms with E-state index >= 15 is 0 Å². The molecule has 1 aliphatic heterocycles. The monoisotopic (exact) mass is 925 g/mol. The first-order chi connectivity index (χ1) is 31.6. The zero-order chi connectivity index (χ0) is 49.3. The fourth-order valence-corrected chi connectivity index (χ4v) is 7.58. The predicted octanol–water partition coefficient (Wildman–Crippen LogP) is 0.223. The van der Waals surface area contributed by atoms with Crippen molar-refractivity contribution >= 4 is 75.0 Å². The minimum atomic E-state index is -1.31. The number of hydrogen-bond donors (Lipinski definition) is 11. The van der Waals surface area contributed by atoms with E-state index < -0.39 is 119 Å². The molecule has 2 aromatic carbocycles. The number of nitrogens with one attached hydrogen (secondary N) is 11. The number of hydrogen-bond acceptors (Lipinski definition) is 9. The lowest BCUT2D eigenvalue weighted by Crippen LogP contribution is -2.61. The Balaban J connectivity index is 1.49. The van der Waals surface area contributed by atoms with E-state index in [9.17, 15) is 43.2 Å². The summed E-state index contributed by atoms with van der Waals surface area (Å²) in [6, 6.07) is 3.78. The fraction of sp³-hybridized carbons (Fsp3) is 0.468. The van der Waals surface area contributed by atoms with E-state index in [1.165, 1.54) is 34.6 Å². The summed E-state index contributed by atoms with van der Waals surface area (Å²) >= 11 is 0. The minimum Gasteiger partial charge on any atom is -0.361 e. The highest BCUT2D eigenvalue weighted by atomic mass is 16.2. The molecule has 360 valence electrons. The zero-order valence-electron chi connectivity index (χ0n) is 39.2. The SMILES string of the molecule is CC(C)[C@@H]1NC(=O)[C@@H](C)NC(=O)[C@H](C)NC(=O)[C@@H](C)NC(=O)[C@H](Cc2c[nH]c3ccccc23)NC(=O)[C@H](Cc2c[nH]c3ccccc23)NC(=O)[C@@H](C)NC(=O)[C@H](C)NC(=O)[C@@H](C(C)C)NC1=O. The maximum Gasteiger partial charge on any atom is 0.243 e. The molecule has 0 aliphatic carbocycles. The number of carbonyl (C=O) groups is 9. The van der Waals surface area contributed by atoms with E-state index in [2.05, 4.69) is 57.8 Å². The Morgan fingerprint density at radius 2 is 0.657 bits per heavy atom. The van der Waals surface area contributed by atoms with Crippen molar-refractivity contribution in [3.05, 3.63) is 72.1 Å². The van der Waals surface area contributed by atoms with E-state index in [-0.39, 0.29) is 12.8 Å². The molecule has 1 saturated heterocycles. The van der Waals surface area contributed by atoms with Crippen molar-refractivity contribution in [2.75, 3.05) is 0 Å². The number of amides is 9. The van der Waals surface area contributed by atoms with E-state index in [0.29, 0.717) is 11.1 Å². The van der Waals surface area contributed by atoms with Crippen molar-refractivity contribution in [3.63, 3.8) is 0 Å². The number of benzene rings is 2. The molecule has 1 fully saturated rings. The Morgan fingerprint density at radius 1 is 0.373 bits per heavy atom. The molecule has 20 nitrogen and oxygen atoms in total. The first-order valence-electron chi connectivity index (χ1n) is 22.5. The number of H-pyrrole nitrogens is 2. The number of aromatic nitrogens is 2. The van der Waals surface area contributed by atoms with Crippen molar-refractivity contribution in [2.45, 2.75) is 130 Å². The maximum atomic E-state index is 14.5. The second-order valence-electron chi connectivity index (χ2n) is 17.9. The average Bonchev–Trinajstić information content (AvgIpc) is 3.89. The molecule has 3 heterocycles. The van der Waals surface area contributed by atoms with E-state index in [1.54, 1.807) is 40.1 Å². The van der Waals surface area contributed by atoms with Gasteiger partial charge in [0.25, 0.3) is 0 Å². The Hall–Kier alpha value is -7.25. The first-order valence-corrected chi connectivity index (χ1v) is 22.5. The van der Waals surface area contributed by atoms with E-state index in [4.69, 9.17) is 0 Å². The highest BCUT2D eigenvalue weighted by molar-refractivity contribution is 5.99. The minimum absolute atomic E-state index is 0.0467. The smallest absolute Gasteiger partial charge is 0.243 e. The lowest BCUT2D eigenvalue weighted by atomic mass is 9.99. The molecular formula is C47H63N11O9. The zero-order valence-corrected chi connectivity index (χ0v) is 39.2. The molecule has 2 aromatic heterocycles. The summed E-state index contributed by atoms with van der Waals surface area (Å²) in [5.74, 6) is -7.57. The molecule has 9 amide bonds. The molecule has 0 spiro atoms. The number of carbonyl (C=O) groups excluding carboxylic acids is 9. The first kappa shape index (κ1) is 50.7. The van der Waals surface area contributed by atoms with Crippen LogP contribution in [0, 0.1) is 11.8 Å². The van der Waals surface area contributed by atoms with Crippen LogP contribution in [0.2, 0.25) is 0 Å². The van der Waals surface area contributed by atoms with Crippen molar-refractivity contribution in [2.24, 2.45) is 11.8 Å². The van der Waals surface area contributed by atoms with Gasteiger partial charge in [0.15, 0.2) is 0 Å². The normalized spacial score (nSPS) is 26.4. The summed E-state index contributed by atoms with van der Waals surface area (Å²) in [5.41, 5.74) is 2.89.